The predicted molar refractivity (Wildman–Crippen MR) is 31.7 cm³/mol. The summed E-state index contributed by atoms with van der Waals surface area (Å²) in [4.78, 5) is 9.82. The van der Waals surface area contributed by atoms with E-state index in [4.69, 9.17) is 9.47 Å². The highest BCUT2D eigenvalue weighted by atomic mass is 16.7. The molecule has 0 aromatic rings. The van der Waals surface area contributed by atoms with Crippen molar-refractivity contribution in [2.75, 3.05) is 0 Å². The molecule has 0 saturated carbocycles. The quantitative estimate of drug-likeness (QED) is 0.537. The third kappa shape index (κ3) is 1.40. The van der Waals surface area contributed by atoms with Gasteiger partial charge in [0.1, 0.15) is 12.5 Å². The first kappa shape index (κ1) is 6.92. The molecule has 4 nitrogen and oxygen atoms in total. The Morgan fingerprint density at radius 1 is 1.60 bits per heavy atom. The fraction of sp³-hybridized carbons (Fsp3) is 0.500. The van der Waals surface area contributed by atoms with Crippen molar-refractivity contribution in [1.82, 2.24) is 0 Å². The van der Waals surface area contributed by atoms with E-state index in [9.17, 15) is 4.79 Å². The van der Waals surface area contributed by atoms with Crippen LogP contribution in [0, 0.1) is 0 Å². The van der Waals surface area contributed by atoms with Gasteiger partial charge in [0, 0.05) is 0 Å². The van der Waals surface area contributed by atoms with Gasteiger partial charge in [0.25, 0.3) is 12.8 Å². The number of rotatable bonds is 3. The van der Waals surface area contributed by atoms with Gasteiger partial charge in [-0.05, 0) is 6.92 Å². The molecule has 0 fully saturated rings. The highest BCUT2D eigenvalue weighted by Gasteiger charge is 2.21. The molecule has 0 spiro atoms. The lowest BCUT2D eigenvalue weighted by Gasteiger charge is -2.15. The summed E-state index contributed by atoms with van der Waals surface area (Å²) >= 11 is 0. The number of ether oxygens (including phenoxy) is 3. The smallest absolute Gasteiger partial charge is 0.293 e. The Hall–Kier alpha value is -1.19. The highest BCUT2D eigenvalue weighted by Crippen LogP contribution is 2.10. The zero-order chi connectivity index (χ0) is 7.40. The summed E-state index contributed by atoms with van der Waals surface area (Å²) in [6.45, 7) is 2.06. The Morgan fingerprint density at radius 2 is 2.20 bits per heavy atom. The molecule has 0 amide bonds. The zero-order valence-corrected chi connectivity index (χ0v) is 5.52. The van der Waals surface area contributed by atoms with Crippen LogP contribution in [0.5, 0.6) is 0 Å². The van der Waals surface area contributed by atoms with Gasteiger partial charge in [-0.1, -0.05) is 0 Å². The van der Waals surface area contributed by atoms with Gasteiger partial charge in [-0.25, -0.2) is 0 Å². The van der Waals surface area contributed by atoms with Crippen LogP contribution < -0.4 is 0 Å². The van der Waals surface area contributed by atoms with Crippen LogP contribution in [0.4, 0.5) is 0 Å². The lowest BCUT2D eigenvalue weighted by Crippen LogP contribution is -2.26. The summed E-state index contributed by atoms with van der Waals surface area (Å²) in [5, 5.41) is 0. The lowest BCUT2D eigenvalue weighted by atomic mass is 10.4. The van der Waals surface area contributed by atoms with E-state index >= 15 is 0 Å². The number of hydrogen-bond acceptors (Lipinski definition) is 4. The zero-order valence-electron chi connectivity index (χ0n) is 5.52. The van der Waals surface area contributed by atoms with E-state index in [-0.39, 0.29) is 6.10 Å². The number of carbonyl (C=O) groups excluding carboxylic acids is 1. The molecule has 1 unspecified atom stereocenters. The largest absolute Gasteiger partial charge is 0.457 e. The Labute approximate surface area is 58.4 Å². The van der Waals surface area contributed by atoms with Crippen LogP contribution in [-0.2, 0) is 19.0 Å². The molecule has 0 aromatic carbocycles. The molecular formula is C6H8O4. The average molecular weight is 144 g/mol. The van der Waals surface area contributed by atoms with E-state index < -0.39 is 6.29 Å². The maximum atomic E-state index is 9.82. The molecule has 1 aliphatic rings. The van der Waals surface area contributed by atoms with Crippen LogP contribution in [0.2, 0.25) is 0 Å². The van der Waals surface area contributed by atoms with Gasteiger partial charge in [0.15, 0.2) is 6.10 Å². The van der Waals surface area contributed by atoms with E-state index in [0.29, 0.717) is 6.47 Å². The summed E-state index contributed by atoms with van der Waals surface area (Å²) in [6, 6.07) is 0. The maximum Gasteiger partial charge on any atom is 0.293 e. The van der Waals surface area contributed by atoms with Gasteiger partial charge in [0.2, 0.25) is 0 Å². The van der Waals surface area contributed by atoms with Crippen LogP contribution in [0.1, 0.15) is 6.92 Å². The van der Waals surface area contributed by atoms with Crippen molar-refractivity contribution >= 4 is 6.47 Å². The molecule has 56 valence electrons. The van der Waals surface area contributed by atoms with Crippen LogP contribution in [0.25, 0.3) is 0 Å². The van der Waals surface area contributed by atoms with Gasteiger partial charge < -0.3 is 14.2 Å². The van der Waals surface area contributed by atoms with Crippen LogP contribution in [0.3, 0.4) is 0 Å². The maximum absolute atomic E-state index is 9.82. The summed E-state index contributed by atoms with van der Waals surface area (Å²) in [5.74, 6) is 0. The molecule has 1 aliphatic heterocycles. The second-order valence-corrected chi connectivity index (χ2v) is 1.85. The monoisotopic (exact) mass is 144 g/mol. The van der Waals surface area contributed by atoms with Crippen molar-refractivity contribution in [2.24, 2.45) is 0 Å². The summed E-state index contributed by atoms with van der Waals surface area (Å²) in [6.07, 6.45) is 1.97. The molecule has 4 heteroatoms. The standard InChI is InChI=1S/C6H8O4/c1-5(10-4-7)6-8-2-3-9-6/h2-6H,1H3. The van der Waals surface area contributed by atoms with Crippen LogP contribution >= 0.6 is 0 Å². The third-order valence-corrected chi connectivity index (χ3v) is 1.13. The van der Waals surface area contributed by atoms with Crippen molar-refractivity contribution in [1.29, 1.82) is 0 Å². The van der Waals surface area contributed by atoms with Gasteiger partial charge in [0.05, 0.1) is 0 Å². The minimum absolute atomic E-state index is 0.368. The first-order chi connectivity index (χ1) is 4.84. The Morgan fingerprint density at radius 3 is 2.70 bits per heavy atom. The second-order valence-electron chi connectivity index (χ2n) is 1.85. The highest BCUT2D eigenvalue weighted by molar-refractivity contribution is 5.37. The minimum atomic E-state index is -0.481. The average Bonchev–Trinajstić information content (AvgIpc) is 2.38. The molecule has 0 aromatic heterocycles. The van der Waals surface area contributed by atoms with E-state index in [2.05, 4.69) is 4.74 Å². The van der Waals surface area contributed by atoms with Crippen LogP contribution in [0.15, 0.2) is 12.5 Å². The van der Waals surface area contributed by atoms with Crippen molar-refractivity contribution in [3.63, 3.8) is 0 Å². The third-order valence-electron chi connectivity index (χ3n) is 1.13. The second kappa shape index (κ2) is 3.10. The Kier molecular flexibility index (Phi) is 2.15. The molecule has 0 aliphatic carbocycles. The molecule has 1 rings (SSSR count). The summed E-state index contributed by atoms with van der Waals surface area (Å²) in [7, 11) is 0. The lowest BCUT2D eigenvalue weighted by molar-refractivity contribution is -0.153. The fourth-order valence-corrected chi connectivity index (χ4v) is 0.624. The van der Waals surface area contributed by atoms with Gasteiger partial charge in [-0.2, -0.15) is 0 Å². The molecular weight excluding hydrogens is 136 g/mol. The van der Waals surface area contributed by atoms with Crippen molar-refractivity contribution in [3.05, 3.63) is 12.5 Å². The van der Waals surface area contributed by atoms with Gasteiger partial charge >= 0.3 is 0 Å². The fourth-order valence-electron chi connectivity index (χ4n) is 0.624. The summed E-state index contributed by atoms with van der Waals surface area (Å²) in [5.41, 5.74) is 0. The minimum Gasteiger partial charge on any atom is -0.457 e. The number of hydrogen-bond donors (Lipinski definition) is 0. The van der Waals surface area contributed by atoms with Crippen molar-refractivity contribution in [3.8, 4) is 0 Å². The van der Waals surface area contributed by atoms with E-state index in [1.165, 1.54) is 12.5 Å². The van der Waals surface area contributed by atoms with Crippen LogP contribution in [-0.4, -0.2) is 18.9 Å². The first-order valence-corrected chi connectivity index (χ1v) is 2.89. The molecule has 0 saturated heterocycles. The van der Waals surface area contributed by atoms with E-state index in [0.717, 1.165) is 0 Å². The molecule has 0 bridgehead atoms. The molecule has 1 heterocycles. The van der Waals surface area contributed by atoms with Crippen molar-refractivity contribution < 1.29 is 19.0 Å². The van der Waals surface area contributed by atoms with E-state index in [1.807, 2.05) is 0 Å². The molecule has 1 atom stereocenters. The number of carbonyl (C=O) groups is 1. The van der Waals surface area contributed by atoms with Crippen molar-refractivity contribution in [2.45, 2.75) is 19.3 Å². The SMILES string of the molecule is CC(OC=O)C1OC=CO1. The van der Waals surface area contributed by atoms with E-state index in [1.54, 1.807) is 6.92 Å². The Bertz CT molecular complexity index is 135. The predicted octanol–water partition coefficient (Wildman–Crippen LogP) is 0.392. The topological polar surface area (TPSA) is 44.8 Å². The molecule has 0 radical (unpaired) electrons. The first-order valence-electron chi connectivity index (χ1n) is 2.89. The molecule has 0 N–H and O–H groups in total. The van der Waals surface area contributed by atoms with Gasteiger partial charge in [-0.15, -0.1) is 0 Å². The summed E-state index contributed by atoms with van der Waals surface area (Å²) < 4.78 is 14.3. The molecule has 10 heavy (non-hydrogen) atoms. The van der Waals surface area contributed by atoms with Gasteiger partial charge in [-0.3, -0.25) is 4.79 Å². The normalized spacial score (nSPS) is 19.3. The Balaban J connectivity index is 2.27.